The number of aryl methyl sites for hydroxylation is 1. The van der Waals surface area contributed by atoms with Gasteiger partial charge in [-0.2, -0.15) is 0 Å². The Bertz CT molecular complexity index is 1200. The van der Waals surface area contributed by atoms with Crippen LogP contribution in [0.15, 0.2) is 70.5 Å². The summed E-state index contributed by atoms with van der Waals surface area (Å²) < 4.78 is 12.2. The van der Waals surface area contributed by atoms with Crippen LogP contribution in [0.3, 0.4) is 0 Å². The lowest BCUT2D eigenvalue weighted by Crippen LogP contribution is -2.14. The number of thioether (sulfide) groups is 1. The molecule has 158 valence electrons. The van der Waals surface area contributed by atoms with Crippen molar-refractivity contribution in [3.63, 3.8) is 0 Å². The predicted molar refractivity (Wildman–Crippen MR) is 121 cm³/mol. The molecule has 1 N–H and O–H groups in total. The molecule has 0 saturated heterocycles. The topological polar surface area (TPSA) is 82.2 Å². The molecule has 2 aromatic carbocycles. The van der Waals surface area contributed by atoms with E-state index < -0.39 is 0 Å². The number of nitrogens with one attached hydrogen (secondary N) is 1. The van der Waals surface area contributed by atoms with Crippen molar-refractivity contribution in [1.29, 1.82) is 0 Å². The molecule has 0 aliphatic heterocycles. The fourth-order valence-electron chi connectivity index (χ4n) is 3.00. The predicted octanol–water partition coefficient (Wildman–Crippen LogP) is 5.23. The molecule has 0 atom stereocenters. The van der Waals surface area contributed by atoms with Gasteiger partial charge in [0.15, 0.2) is 11.0 Å². The maximum atomic E-state index is 12.4. The van der Waals surface area contributed by atoms with Gasteiger partial charge in [0.05, 0.1) is 24.8 Å². The maximum Gasteiger partial charge on any atom is 0.236 e. The van der Waals surface area contributed by atoms with E-state index in [1.807, 2.05) is 53.1 Å². The number of benzene rings is 2. The highest BCUT2D eigenvalue weighted by molar-refractivity contribution is 7.99. The number of carbonyl (C=O) groups is 1. The first-order valence-corrected chi connectivity index (χ1v) is 10.7. The number of hydrogen-bond acceptors (Lipinski definition) is 6. The van der Waals surface area contributed by atoms with Crippen LogP contribution in [0.1, 0.15) is 5.76 Å². The Morgan fingerprint density at radius 1 is 1.23 bits per heavy atom. The first kappa shape index (κ1) is 21.0. The van der Waals surface area contributed by atoms with E-state index in [1.54, 1.807) is 26.3 Å². The fourth-order valence-corrected chi connectivity index (χ4v) is 3.98. The van der Waals surface area contributed by atoms with Gasteiger partial charge >= 0.3 is 0 Å². The number of methoxy groups -OCH3 is 1. The zero-order chi connectivity index (χ0) is 21.8. The van der Waals surface area contributed by atoms with Crippen LogP contribution < -0.4 is 10.1 Å². The Balaban J connectivity index is 1.62. The lowest BCUT2D eigenvalue weighted by atomic mass is 10.1. The molecule has 0 unspecified atom stereocenters. The summed E-state index contributed by atoms with van der Waals surface area (Å²) in [7, 11) is 1.63. The number of aromatic nitrogens is 3. The van der Waals surface area contributed by atoms with Crippen LogP contribution in [-0.4, -0.2) is 33.5 Å². The van der Waals surface area contributed by atoms with Crippen LogP contribution in [0.4, 0.5) is 5.82 Å². The molecular weight excluding hydrogens is 436 g/mol. The summed E-state index contributed by atoms with van der Waals surface area (Å²) >= 11 is 7.55. The first-order valence-electron chi connectivity index (χ1n) is 9.37. The number of nitrogens with zero attached hydrogens (tertiary/aromatic N) is 3. The van der Waals surface area contributed by atoms with Gasteiger partial charge in [-0.15, -0.1) is 0 Å². The summed E-state index contributed by atoms with van der Waals surface area (Å²) in [4.78, 5) is 16.9. The molecule has 4 rings (SSSR count). The molecule has 0 fully saturated rings. The third kappa shape index (κ3) is 4.92. The molecule has 0 aliphatic carbocycles. The summed E-state index contributed by atoms with van der Waals surface area (Å²) in [6, 6.07) is 16.9. The molecule has 2 heterocycles. The van der Waals surface area contributed by atoms with Gasteiger partial charge in [0.1, 0.15) is 11.5 Å². The van der Waals surface area contributed by atoms with E-state index in [9.17, 15) is 4.79 Å². The Hall–Kier alpha value is -3.23. The third-order valence-electron chi connectivity index (χ3n) is 4.41. The lowest BCUT2D eigenvalue weighted by molar-refractivity contribution is -0.113. The number of rotatable bonds is 7. The highest BCUT2D eigenvalue weighted by atomic mass is 35.5. The largest absolute Gasteiger partial charge is 0.497 e. The molecular formula is C22H19ClN4O3S. The van der Waals surface area contributed by atoms with Crippen LogP contribution in [0.5, 0.6) is 5.75 Å². The Labute approximate surface area is 188 Å². The van der Waals surface area contributed by atoms with Gasteiger partial charge in [-0.1, -0.05) is 34.6 Å². The molecule has 0 radical (unpaired) electrons. The molecule has 9 heteroatoms. The quantitative estimate of drug-likeness (QED) is 0.385. The number of anilines is 1. The van der Waals surface area contributed by atoms with Crippen LogP contribution >= 0.6 is 23.4 Å². The van der Waals surface area contributed by atoms with Gasteiger partial charge in [-0.05, 0) is 49.4 Å². The van der Waals surface area contributed by atoms with E-state index in [0.717, 1.165) is 22.7 Å². The average Bonchev–Trinajstić information content (AvgIpc) is 3.38. The second-order valence-electron chi connectivity index (χ2n) is 6.63. The monoisotopic (exact) mass is 454 g/mol. The zero-order valence-corrected chi connectivity index (χ0v) is 18.4. The Morgan fingerprint density at radius 2 is 2.03 bits per heavy atom. The molecule has 0 spiro atoms. The summed E-state index contributed by atoms with van der Waals surface area (Å²) in [6.07, 6.45) is 1.78. The minimum absolute atomic E-state index is 0.158. The number of imidazole rings is 1. The van der Waals surface area contributed by atoms with Crippen LogP contribution in [-0.2, 0) is 4.79 Å². The highest BCUT2D eigenvalue weighted by Gasteiger charge is 2.16. The third-order valence-corrected chi connectivity index (χ3v) is 5.60. The molecule has 0 bridgehead atoms. The van der Waals surface area contributed by atoms with E-state index in [2.05, 4.69) is 15.5 Å². The smallest absolute Gasteiger partial charge is 0.236 e. The highest BCUT2D eigenvalue weighted by Crippen LogP contribution is 2.31. The van der Waals surface area contributed by atoms with Gasteiger partial charge in [-0.25, -0.2) is 4.98 Å². The molecule has 2 aromatic heterocycles. The van der Waals surface area contributed by atoms with Crippen molar-refractivity contribution in [3.05, 3.63) is 71.6 Å². The van der Waals surface area contributed by atoms with Crippen molar-refractivity contribution in [1.82, 2.24) is 14.7 Å². The van der Waals surface area contributed by atoms with Gasteiger partial charge in [0.25, 0.3) is 0 Å². The van der Waals surface area contributed by atoms with E-state index >= 15 is 0 Å². The maximum absolute atomic E-state index is 12.4. The van der Waals surface area contributed by atoms with Gasteiger partial charge in [0.2, 0.25) is 5.91 Å². The SMILES string of the molecule is COc1ccc(-c2cnc(SCC(=O)Nc3cc(C)on3)n2-c2cccc(Cl)c2)cc1. The number of carbonyl (C=O) groups excluding carboxylic acids is 1. The van der Waals surface area contributed by atoms with E-state index in [0.29, 0.717) is 21.8 Å². The second-order valence-corrected chi connectivity index (χ2v) is 8.01. The number of hydrogen-bond donors (Lipinski definition) is 1. The van der Waals surface area contributed by atoms with Gasteiger partial charge < -0.3 is 14.6 Å². The van der Waals surface area contributed by atoms with Crippen LogP contribution in [0.25, 0.3) is 16.9 Å². The van der Waals surface area contributed by atoms with Gasteiger partial charge in [-0.3, -0.25) is 9.36 Å². The molecule has 4 aromatic rings. The van der Waals surface area contributed by atoms with Crippen LogP contribution in [0, 0.1) is 6.92 Å². The zero-order valence-electron chi connectivity index (χ0n) is 16.8. The first-order chi connectivity index (χ1) is 15.0. The van der Waals surface area contributed by atoms with Crippen molar-refractivity contribution in [2.75, 3.05) is 18.2 Å². The van der Waals surface area contributed by atoms with Crippen molar-refractivity contribution in [2.24, 2.45) is 0 Å². The van der Waals surface area contributed by atoms with Crippen molar-refractivity contribution < 1.29 is 14.1 Å². The minimum atomic E-state index is -0.204. The van der Waals surface area contributed by atoms with Gasteiger partial charge in [0, 0.05) is 22.3 Å². The number of ether oxygens (including phenoxy) is 1. The molecule has 0 saturated carbocycles. The second kappa shape index (κ2) is 9.28. The van der Waals surface area contributed by atoms with E-state index in [4.69, 9.17) is 20.9 Å². The summed E-state index contributed by atoms with van der Waals surface area (Å²) in [5, 5.41) is 7.78. The van der Waals surface area contributed by atoms with Crippen LogP contribution in [0.2, 0.25) is 5.02 Å². The summed E-state index contributed by atoms with van der Waals surface area (Å²) in [5.41, 5.74) is 2.69. The average molecular weight is 455 g/mol. The number of halogens is 1. The molecule has 0 aliphatic rings. The number of amides is 1. The molecule has 1 amide bonds. The summed E-state index contributed by atoms with van der Waals surface area (Å²) in [6.45, 7) is 1.76. The van der Waals surface area contributed by atoms with Crippen molar-refractivity contribution in [3.8, 4) is 22.7 Å². The minimum Gasteiger partial charge on any atom is -0.497 e. The summed E-state index contributed by atoms with van der Waals surface area (Å²) in [5.74, 6) is 1.74. The van der Waals surface area contributed by atoms with E-state index in [1.165, 1.54) is 11.8 Å². The Morgan fingerprint density at radius 3 is 2.71 bits per heavy atom. The van der Waals surface area contributed by atoms with E-state index in [-0.39, 0.29) is 11.7 Å². The molecule has 7 nitrogen and oxygen atoms in total. The molecule has 31 heavy (non-hydrogen) atoms. The fraction of sp³-hybridized carbons (Fsp3) is 0.136. The standard InChI is InChI=1S/C22H19ClN4O3S/c1-14-10-20(26-30-14)25-21(28)13-31-22-24-12-19(15-6-8-18(29-2)9-7-15)27(22)17-5-3-4-16(23)11-17/h3-12H,13H2,1-2H3,(H,25,26,28). The Kier molecular flexibility index (Phi) is 6.29. The normalized spacial score (nSPS) is 10.8. The van der Waals surface area contributed by atoms with Crippen molar-refractivity contribution >= 4 is 35.1 Å². The van der Waals surface area contributed by atoms with Crippen molar-refractivity contribution in [2.45, 2.75) is 12.1 Å². The lowest BCUT2D eigenvalue weighted by Gasteiger charge is -2.13.